The third kappa shape index (κ3) is 1.38. The minimum atomic E-state index is 0. The van der Waals surface area contributed by atoms with Crippen molar-refractivity contribution in [3.8, 4) is 0 Å². The normalized spacial score (nSPS) is 15.9. The van der Waals surface area contributed by atoms with Crippen LogP contribution in [0.5, 0.6) is 0 Å². The third-order valence-electron chi connectivity index (χ3n) is 4.69. The molecule has 0 atom stereocenters. The number of benzene rings is 3. The van der Waals surface area contributed by atoms with Gasteiger partial charge in [0.2, 0.25) is 0 Å². The molecule has 4 heteroatoms. The van der Waals surface area contributed by atoms with Crippen LogP contribution in [0.3, 0.4) is 0 Å². The number of hydrogen-bond acceptors (Lipinski definition) is 3. The van der Waals surface area contributed by atoms with Crippen molar-refractivity contribution in [1.29, 1.82) is 0 Å². The van der Waals surface area contributed by atoms with Crippen LogP contribution in [0.15, 0.2) is 72.8 Å². The molecule has 3 heterocycles. The van der Waals surface area contributed by atoms with Crippen LogP contribution in [-0.2, 0) is 0 Å². The zero-order valence-electron chi connectivity index (χ0n) is 12.8. The molecule has 3 aromatic rings. The molecule has 0 aliphatic carbocycles. The van der Waals surface area contributed by atoms with Crippen LogP contribution in [0.2, 0.25) is 0 Å². The molecule has 104 valence electrons. The first-order chi connectivity index (χ1) is 10.9. The van der Waals surface area contributed by atoms with Gasteiger partial charge in [0.1, 0.15) is 0 Å². The van der Waals surface area contributed by atoms with E-state index in [1.165, 1.54) is 40.4 Å². The quantitative estimate of drug-likeness (QED) is 0.462. The van der Waals surface area contributed by atoms with Crippen LogP contribution in [0, 0.1) is 6.29 Å². The van der Waals surface area contributed by atoms with Crippen LogP contribution < -0.4 is 33.6 Å². The van der Waals surface area contributed by atoms with Gasteiger partial charge in [0.15, 0.2) is 0 Å². The summed E-state index contributed by atoms with van der Waals surface area (Å²) in [4.78, 5) is 7.10. The molecule has 0 bridgehead atoms. The van der Waals surface area contributed by atoms with E-state index in [4.69, 9.17) is 0 Å². The van der Waals surface area contributed by atoms with Gasteiger partial charge >= 0.3 is 18.9 Å². The second-order valence-corrected chi connectivity index (χ2v) is 5.77. The fourth-order valence-electron chi connectivity index (χ4n) is 3.86. The maximum atomic E-state index is 2.37. The van der Waals surface area contributed by atoms with Crippen molar-refractivity contribution >= 4 is 34.1 Å². The molecule has 0 saturated carbocycles. The van der Waals surface area contributed by atoms with Crippen LogP contribution in [-0.4, -0.2) is 0 Å². The maximum absolute atomic E-state index is 2.37. The Balaban J connectivity index is 0.00000121. The Morgan fingerprint density at radius 1 is 0.435 bits per heavy atom. The molecule has 3 aliphatic heterocycles. The number of rotatable bonds is 0. The van der Waals surface area contributed by atoms with Gasteiger partial charge in [0, 0.05) is 34.1 Å². The average molecular weight is 289 g/mol. The van der Waals surface area contributed by atoms with Crippen molar-refractivity contribution in [3.63, 3.8) is 0 Å². The summed E-state index contributed by atoms with van der Waals surface area (Å²) < 4.78 is 0. The van der Waals surface area contributed by atoms with Crippen molar-refractivity contribution in [3.05, 3.63) is 79.1 Å². The number of para-hydroxylation sites is 6. The molecule has 0 radical (unpaired) electrons. The maximum Gasteiger partial charge on any atom is 1.00 e. The smallest absolute Gasteiger partial charge is 0.449 e. The topological polar surface area (TPSA) is 9.72 Å². The van der Waals surface area contributed by atoms with Crippen molar-refractivity contribution in [1.82, 2.24) is 0 Å². The van der Waals surface area contributed by atoms with E-state index >= 15 is 0 Å². The average Bonchev–Trinajstić information content (AvgIpc) is 3.19. The van der Waals surface area contributed by atoms with Crippen molar-refractivity contribution < 1.29 is 18.9 Å². The van der Waals surface area contributed by atoms with E-state index < -0.39 is 0 Å². The van der Waals surface area contributed by atoms with Gasteiger partial charge in [0.25, 0.3) is 0 Å². The van der Waals surface area contributed by atoms with Crippen molar-refractivity contribution in [2.75, 3.05) is 14.7 Å². The van der Waals surface area contributed by atoms with Crippen LogP contribution in [0.4, 0.5) is 34.1 Å². The van der Waals surface area contributed by atoms with Gasteiger partial charge in [-0.2, -0.15) is 0 Å². The van der Waals surface area contributed by atoms with Crippen molar-refractivity contribution in [2.45, 2.75) is 0 Å². The second kappa shape index (κ2) is 4.35. The molecule has 6 rings (SSSR count). The number of fused-ring (bicyclic) bond motifs is 9. The Labute approximate surface area is 146 Å². The summed E-state index contributed by atoms with van der Waals surface area (Å²) >= 11 is 0. The summed E-state index contributed by atoms with van der Waals surface area (Å²) in [6.07, 6.45) is 1.21. The second-order valence-electron chi connectivity index (χ2n) is 5.77. The van der Waals surface area contributed by atoms with Crippen LogP contribution in [0.1, 0.15) is 0 Å². The van der Waals surface area contributed by atoms with Gasteiger partial charge in [0.05, 0.1) is 0 Å². The number of hydrogen-bond donors (Lipinski definition) is 0. The fraction of sp³-hybridized carbons (Fsp3) is 0. The van der Waals surface area contributed by atoms with Crippen molar-refractivity contribution in [2.24, 2.45) is 0 Å². The Bertz CT molecular complexity index is 748. The molecule has 3 nitrogen and oxygen atoms in total. The fourth-order valence-corrected chi connectivity index (χ4v) is 3.86. The summed E-state index contributed by atoms with van der Waals surface area (Å²) in [5.41, 5.74) is 7.51. The van der Waals surface area contributed by atoms with Crippen LogP contribution >= 0.6 is 0 Å². The molecule has 0 saturated heterocycles. The van der Waals surface area contributed by atoms with Gasteiger partial charge in [-0.3, -0.25) is 0 Å². The van der Waals surface area contributed by atoms with E-state index in [0.717, 1.165) is 0 Å². The molecule has 0 aromatic heterocycles. The molecule has 3 aromatic carbocycles. The molecule has 0 fully saturated rings. The Kier molecular flexibility index (Phi) is 2.48. The summed E-state index contributed by atoms with van der Waals surface area (Å²) in [5, 5.41) is 0. The number of anilines is 6. The van der Waals surface area contributed by atoms with Gasteiger partial charge in [-0.05, 0) is 42.7 Å². The molecular formula is C19H12LiN3. The van der Waals surface area contributed by atoms with E-state index in [1.807, 2.05) is 0 Å². The largest absolute Gasteiger partial charge is 1.00 e. The zero-order chi connectivity index (χ0) is 14.3. The first kappa shape index (κ1) is 13.1. The standard InChI is InChI=1S/C19H12N3.Li/c1-2-8-14-13(7-1)20-15-9-3-4-10-16(15)22-18-12-6-5-11-17(18)21(14)19(20)22;/h1-12H;/q-1;+1. The first-order valence-corrected chi connectivity index (χ1v) is 7.49. The molecule has 0 N–H and O–H groups in total. The Morgan fingerprint density at radius 2 is 0.652 bits per heavy atom. The SMILES string of the molecule is [Li+].c1ccc2c(c1)N1c3ccccc3N3c4ccccc4N2[C-]13. The third-order valence-corrected chi connectivity index (χ3v) is 4.69. The van der Waals surface area contributed by atoms with E-state index in [9.17, 15) is 0 Å². The summed E-state index contributed by atoms with van der Waals surface area (Å²) in [6, 6.07) is 25.8. The predicted molar refractivity (Wildman–Crippen MR) is 89.0 cm³/mol. The summed E-state index contributed by atoms with van der Waals surface area (Å²) in [5.74, 6) is 0. The Hall–Kier alpha value is -2.34. The van der Waals surface area contributed by atoms with E-state index in [0.29, 0.717) is 0 Å². The molecule has 0 unspecified atom stereocenters. The van der Waals surface area contributed by atoms with Gasteiger partial charge < -0.3 is 14.7 Å². The monoisotopic (exact) mass is 289 g/mol. The van der Waals surface area contributed by atoms with E-state index in [2.05, 4.69) is 87.5 Å². The van der Waals surface area contributed by atoms with Gasteiger partial charge in [-0.15, -0.1) is 0 Å². The molecule has 3 aliphatic rings. The Morgan fingerprint density at radius 3 is 0.870 bits per heavy atom. The zero-order valence-corrected chi connectivity index (χ0v) is 12.8. The molecule has 23 heavy (non-hydrogen) atoms. The molecule has 0 amide bonds. The minimum Gasteiger partial charge on any atom is -0.449 e. The summed E-state index contributed by atoms with van der Waals surface area (Å²) in [7, 11) is 0. The predicted octanol–water partition coefficient (Wildman–Crippen LogP) is 1.89. The van der Waals surface area contributed by atoms with E-state index in [-0.39, 0.29) is 18.9 Å². The summed E-state index contributed by atoms with van der Waals surface area (Å²) in [6.45, 7) is 0. The van der Waals surface area contributed by atoms with Gasteiger partial charge in [-0.25, -0.2) is 0 Å². The minimum absolute atomic E-state index is 0. The van der Waals surface area contributed by atoms with Gasteiger partial charge in [-0.1, -0.05) is 36.4 Å². The van der Waals surface area contributed by atoms with E-state index in [1.54, 1.807) is 0 Å². The number of nitrogens with zero attached hydrogens (tertiary/aromatic N) is 3. The van der Waals surface area contributed by atoms with Crippen LogP contribution in [0.25, 0.3) is 0 Å². The molecular weight excluding hydrogens is 277 g/mol. The molecule has 0 spiro atoms. The first-order valence-electron chi connectivity index (χ1n) is 7.49.